The van der Waals surface area contributed by atoms with Gasteiger partial charge in [0, 0.05) is 12.6 Å². The van der Waals surface area contributed by atoms with E-state index in [0.717, 1.165) is 0 Å². The van der Waals surface area contributed by atoms with Crippen LogP contribution in [0.3, 0.4) is 0 Å². The van der Waals surface area contributed by atoms with Gasteiger partial charge in [-0.2, -0.15) is 0 Å². The molecule has 25 heavy (non-hydrogen) atoms. The van der Waals surface area contributed by atoms with Crippen LogP contribution in [0.2, 0.25) is 15.1 Å². The van der Waals surface area contributed by atoms with Crippen molar-refractivity contribution in [1.82, 2.24) is 4.90 Å². The molecule has 0 spiro atoms. The molecule has 0 radical (unpaired) electrons. The molecule has 0 saturated carbocycles. The zero-order valence-electron chi connectivity index (χ0n) is 13.6. The summed E-state index contributed by atoms with van der Waals surface area (Å²) >= 11 is 18.0. The van der Waals surface area contributed by atoms with Crippen LogP contribution in [0.15, 0.2) is 41.3 Å². The Morgan fingerprint density at radius 3 is 2.48 bits per heavy atom. The minimum absolute atomic E-state index is 0.0342. The third-order valence-corrected chi connectivity index (χ3v) is 5.85. The van der Waals surface area contributed by atoms with Gasteiger partial charge in [-0.05, 0) is 38.4 Å². The highest BCUT2D eigenvalue weighted by molar-refractivity contribution is 7.92. The minimum atomic E-state index is -3.90. The molecule has 0 saturated heterocycles. The molecule has 0 amide bonds. The van der Waals surface area contributed by atoms with Crippen LogP contribution in [0.25, 0.3) is 0 Å². The van der Waals surface area contributed by atoms with E-state index in [9.17, 15) is 8.42 Å². The number of rotatable bonds is 7. The van der Waals surface area contributed by atoms with Crippen LogP contribution in [0.5, 0.6) is 5.75 Å². The number of benzene rings is 2. The average molecular weight is 424 g/mol. The fourth-order valence-electron chi connectivity index (χ4n) is 1.92. The second-order valence-electron chi connectivity index (χ2n) is 5.45. The van der Waals surface area contributed by atoms with Gasteiger partial charge in [-0.1, -0.05) is 40.9 Å². The standard InChI is InChI=1S/C16H17Cl3N2O3S/c1-21(2)8-9-24-14-10-11(6-7-12(14)17)20-25(22,23)15-5-3-4-13(18)16(15)19/h3-7,10,20H,8-9H2,1-2H3. The first-order valence-corrected chi connectivity index (χ1v) is 9.86. The first-order valence-electron chi connectivity index (χ1n) is 7.24. The van der Waals surface area contributed by atoms with Crippen molar-refractivity contribution in [3.05, 3.63) is 51.5 Å². The minimum Gasteiger partial charge on any atom is -0.491 e. The lowest BCUT2D eigenvalue weighted by Crippen LogP contribution is -2.19. The summed E-state index contributed by atoms with van der Waals surface area (Å²) in [5.74, 6) is 0.390. The van der Waals surface area contributed by atoms with Crippen molar-refractivity contribution in [1.29, 1.82) is 0 Å². The monoisotopic (exact) mass is 422 g/mol. The van der Waals surface area contributed by atoms with Crippen molar-refractivity contribution >= 4 is 50.5 Å². The first kappa shape index (κ1) is 20.1. The lowest BCUT2D eigenvalue weighted by Gasteiger charge is -2.14. The Kier molecular flexibility index (Phi) is 6.82. The summed E-state index contributed by atoms with van der Waals surface area (Å²) in [6.07, 6.45) is 0. The number of nitrogens with zero attached hydrogens (tertiary/aromatic N) is 1. The zero-order chi connectivity index (χ0) is 18.6. The predicted molar refractivity (Wildman–Crippen MR) is 103 cm³/mol. The first-order chi connectivity index (χ1) is 11.7. The van der Waals surface area contributed by atoms with Gasteiger partial charge in [0.05, 0.1) is 20.8 Å². The molecule has 2 aromatic rings. The van der Waals surface area contributed by atoms with E-state index in [0.29, 0.717) is 29.6 Å². The third-order valence-electron chi connectivity index (χ3n) is 3.19. The molecule has 1 N–H and O–H groups in total. The summed E-state index contributed by atoms with van der Waals surface area (Å²) in [5.41, 5.74) is 0.306. The summed E-state index contributed by atoms with van der Waals surface area (Å²) < 4.78 is 33.1. The van der Waals surface area contributed by atoms with E-state index in [4.69, 9.17) is 39.5 Å². The molecule has 0 atom stereocenters. The number of halogens is 3. The van der Waals surface area contributed by atoms with E-state index in [-0.39, 0.29) is 14.9 Å². The maximum Gasteiger partial charge on any atom is 0.263 e. The van der Waals surface area contributed by atoms with Crippen LogP contribution >= 0.6 is 34.8 Å². The normalized spacial score (nSPS) is 11.6. The van der Waals surface area contributed by atoms with E-state index in [2.05, 4.69) is 4.72 Å². The lowest BCUT2D eigenvalue weighted by atomic mass is 10.3. The molecule has 2 aromatic carbocycles. The zero-order valence-corrected chi connectivity index (χ0v) is 16.7. The van der Waals surface area contributed by atoms with Crippen LogP contribution < -0.4 is 9.46 Å². The Hall–Kier alpha value is -1.18. The quantitative estimate of drug-likeness (QED) is 0.717. The molecule has 0 aliphatic carbocycles. The summed E-state index contributed by atoms with van der Waals surface area (Å²) in [5, 5.41) is 0.518. The van der Waals surface area contributed by atoms with Gasteiger partial charge in [-0.15, -0.1) is 0 Å². The SMILES string of the molecule is CN(C)CCOc1cc(NS(=O)(=O)c2cccc(Cl)c2Cl)ccc1Cl. The molecule has 0 bridgehead atoms. The van der Waals surface area contributed by atoms with Gasteiger partial charge in [-0.25, -0.2) is 8.42 Å². The summed E-state index contributed by atoms with van der Waals surface area (Å²) in [4.78, 5) is 1.86. The molecule has 5 nitrogen and oxygen atoms in total. The molecule has 136 valence electrons. The summed E-state index contributed by atoms with van der Waals surface area (Å²) in [7, 11) is -0.0615. The molecule has 0 aliphatic heterocycles. The van der Waals surface area contributed by atoms with Gasteiger partial charge >= 0.3 is 0 Å². The third kappa shape index (κ3) is 5.39. The van der Waals surface area contributed by atoms with Gasteiger partial charge in [-0.3, -0.25) is 4.72 Å². The van der Waals surface area contributed by atoms with Crippen molar-refractivity contribution in [2.75, 3.05) is 32.0 Å². The van der Waals surface area contributed by atoms with Crippen molar-refractivity contribution in [3.8, 4) is 5.75 Å². The van der Waals surface area contributed by atoms with Gasteiger partial charge < -0.3 is 9.64 Å². The second kappa shape index (κ2) is 8.47. The molecule has 0 unspecified atom stereocenters. The Labute approximate surface area is 162 Å². The van der Waals surface area contributed by atoms with Crippen LogP contribution in [-0.4, -0.2) is 40.6 Å². The van der Waals surface area contributed by atoms with E-state index >= 15 is 0 Å². The van der Waals surface area contributed by atoms with E-state index in [1.807, 2.05) is 19.0 Å². The van der Waals surface area contributed by atoms with Gasteiger partial charge in [0.15, 0.2) is 0 Å². The Morgan fingerprint density at radius 2 is 1.80 bits per heavy atom. The van der Waals surface area contributed by atoms with Crippen molar-refractivity contribution in [2.45, 2.75) is 4.90 Å². The highest BCUT2D eigenvalue weighted by Gasteiger charge is 2.20. The molecule has 0 fully saturated rings. The smallest absolute Gasteiger partial charge is 0.263 e. The van der Waals surface area contributed by atoms with E-state index in [1.165, 1.54) is 30.3 Å². The number of anilines is 1. The van der Waals surface area contributed by atoms with Crippen LogP contribution in [0.4, 0.5) is 5.69 Å². The van der Waals surface area contributed by atoms with Gasteiger partial charge in [0.1, 0.15) is 17.3 Å². The molecule has 2 rings (SSSR count). The topological polar surface area (TPSA) is 58.6 Å². The van der Waals surface area contributed by atoms with E-state index in [1.54, 1.807) is 6.07 Å². The molecular weight excluding hydrogens is 407 g/mol. The Balaban J connectivity index is 2.23. The molecular formula is C16H17Cl3N2O3S. The van der Waals surface area contributed by atoms with Gasteiger partial charge in [0.2, 0.25) is 0 Å². The Morgan fingerprint density at radius 1 is 1.08 bits per heavy atom. The molecule has 0 aliphatic rings. The fourth-order valence-corrected chi connectivity index (χ4v) is 3.90. The number of hydrogen-bond donors (Lipinski definition) is 1. The van der Waals surface area contributed by atoms with Crippen molar-refractivity contribution < 1.29 is 13.2 Å². The maximum absolute atomic E-state index is 12.5. The molecule has 0 heterocycles. The van der Waals surface area contributed by atoms with Crippen LogP contribution in [0, 0.1) is 0 Å². The van der Waals surface area contributed by atoms with Crippen molar-refractivity contribution in [3.63, 3.8) is 0 Å². The molecule has 0 aromatic heterocycles. The lowest BCUT2D eigenvalue weighted by molar-refractivity contribution is 0.261. The number of likely N-dealkylation sites (N-methyl/N-ethyl adjacent to an activating group) is 1. The average Bonchev–Trinajstić information content (AvgIpc) is 2.52. The fraction of sp³-hybridized carbons (Fsp3) is 0.250. The number of ether oxygens (including phenoxy) is 1. The van der Waals surface area contributed by atoms with Crippen molar-refractivity contribution in [2.24, 2.45) is 0 Å². The second-order valence-corrected chi connectivity index (χ2v) is 8.30. The molecule has 9 heteroatoms. The van der Waals surface area contributed by atoms with Crippen LogP contribution in [0.1, 0.15) is 0 Å². The van der Waals surface area contributed by atoms with Gasteiger partial charge in [0.25, 0.3) is 10.0 Å². The summed E-state index contributed by atoms with van der Waals surface area (Å²) in [6.45, 7) is 1.12. The van der Waals surface area contributed by atoms with Crippen LogP contribution in [-0.2, 0) is 10.0 Å². The highest BCUT2D eigenvalue weighted by atomic mass is 35.5. The Bertz CT molecular complexity index is 858. The largest absolute Gasteiger partial charge is 0.491 e. The number of sulfonamides is 1. The number of hydrogen-bond acceptors (Lipinski definition) is 4. The maximum atomic E-state index is 12.5. The predicted octanol–water partition coefficient (Wildman–Crippen LogP) is 4.39. The van der Waals surface area contributed by atoms with E-state index < -0.39 is 10.0 Å². The number of nitrogens with one attached hydrogen (secondary N) is 1. The highest BCUT2D eigenvalue weighted by Crippen LogP contribution is 2.32. The summed E-state index contributed by atoms with van der Waals surface area (Å²) in [6, 6.07) is 9.03.